The number of piperidine rings is 1. The van der Waals surface area contributed by atoms with Crippen LogP contribution in [0.15, 0.2) is 48.5 Å². The Morgan fingerprint density at radius 3 is 1.40 bits per heavy atom. The van der Waals surface area contributed by atoms with E-state index in [2.05, 4.69) is 73.0 Å². The second-order valence-corrected chi connectivity index (χ2v) is 26.6. The molecule has 0 aromatic heterocycles. The maximum atomic E-state index is 4.76. The summed E-state index contributed by atoms with van der Waals surface area (Å²) in [5.41, 5.74) is 6.87. The summed E-state index contributed by atoms with van der Waals surface area (Å²) in [7, 11) is 0. The molecule has 9 saturated heterocycles. The van der Waals surface area contributed by atoms with Crippen LogP contribution in [0.2, 0.25) is 17.5 Å². The third kappa shape index (κ3) is 3.98. The van der Waals surface area contributed by atoms with Gasteiger partial charge in [-0.05, 0) is 116 Å². The molecule has 17 aliphatic rings. The van der Waals surface area contributed by atoms with E-state index in [1.807, 2.05) is 0 Å². The van der Waals surface area contributed by atoms with Crippen LogP contribution < -0.4 is 10.6 Å². The van der Waals surface area contributed by atoms with Crippen molar-refractivity contribution in [2.24, 2.45) is 23.7 Å². The first-order valence-electron chi connectivity index (χ1n) is 28.9. The Morgan fingerprint density at radius 1 is 0.400 bits per heavy atom. The van der Waals surface area contributed by atoms with E-state index < -0.39 is 0 Å². The number of benzene rings is 2. The summed E-state index contributed by atoms with van der Waals surface area (Å²) in [5, 5.41) is 9.51. The summed E-state index contributed by atoms with van der Waals surface area (Å²) in [5.74, 6) is 5.60. The molecular weight excluding hydrogens is 793 g/mol. The fourth-order valence-electron chi connectivity index (χ4n) is 25.2. The zero-order valence-corrected chi connectivity index (χ0v) is 38.9. The molecule has 22 unspecified atom stereocenters. The Kier molecular flexibility index (Phi) is 7.18. The molecule has 2 aromatic carbocycles. The van der Waals surface area contributed by atoms with Gasteiger partial charge in [0, 0.05) is 108 Å². The lowest BCUT2D eigenvalue weighted by molar-refractivity contribution is -0.272. The summed E-state index contributed by atoms with van der Waals surface area (Å²) in [6.07, 6.45) is 30.4. The monoisotopic (exact) mass is 868 g/mol. The van der Waals surface area contributed by atoms with Gasteiger partial charge in [0.2, 0.25) is 0 Å². The van der Waals surface area contributed by atoms with Gasteiger partial charge in [0.15, 0.2) is 6.71 Å². The van der Waals surface area contributed by atoms with E-state index in [0.29, 0.717) is 78.5 Å². The molecule has 9 aliphatic heterocycles. The molecule has 340 valence electrons. The number of hydrogen-bond donors (Lipinski definition) is 2. The highest BCUT2D eigenvalue weighted by atomic mass is 15.6. The fraction of sp³-hybridized carbons (Fsp3) is 0.789. The normalized spacial score (nSPS) is 56.3. The molecule has 0 bridgehead atoms. The Hall–Kier alpha value is -1.78. The summed E-state index contributed by atoms with van der Waals surface area (Å²) in [6.45, 7) is 0.925. The van der Waals surface area contributed by atoms with Crippen molar-refractivity contribution < 1.29 is 0 Å². The summed E-state index contributed by atoms with van der Waals surface area (Å²) in [6, 6.07) is 31.0. The average Bonchev–Trinajstić information content (AvgIpc) is 3.98. The standard InChI is InChI=1S/C57H74BN7/c1-5-17-33-29(13-1)30-14-2-6-18-34(30)57(33)35-19-9-27-43-46(35)63-47-36(57)20-10-28-44(47)62-42-26-8-4-16-32(42)56-60-40-24-12-22-38-49(40)65(56)51-45-50-52(54(63)53(51)62)61(43)41-25-7-3-15-31(41)55-59-39-23-11-21-37(58(38)45)48(39)64(50)55/h1-2,5-6,13-14,17-18,31-32,35-56,59-60H,3-4,7-12,15-16,19-28H2. The van der Waals surface area contributed by atoms with Crippen molar-refractivity contribution in [3.05, 3.63) is 59.7 Å². The van der Waals surface area contributed by atoms with Crippen LogP contribution >= 0.6 is 0 Å². The zero-order valence-electron chi connectivity index (χ0n) is 38.9. The van der Waals surface area contributed by atoms with Crippen LogP contribution in [0.1, 0.15) is 140 Å². The zero-order chi connectivity index (χ0) is 41.3. The van der Waals surface area contributed by atoms with Crippen molar-refractivity contribution in [1.29, 1.82) is 0 Å². The van der Waals surface area contributed by atoms with Gasteiger partial charge in [-0.2, -0.15) is 0 Å². The second kappa shape index (κ2) is 12.6. The molecule has 1 spiro atoms. The van der Waals surface area contributed by atoms with Crippen molar-refractivity contribution in [3.63, 3.8) is 0 Å². The van der Waals surface area contributed by atoms with Gasteiger partial charge in [0.1, 0.15) is 0 Å². The maximum Gasteiger partial charge on any atom is 0.157 e. The van der Waals surface area contributed by atoms with E-state index in [-0.39, 0.29) is 5.41 Å². The van der Waals surface area contributed by atoms with Gasteiger partial charge in [-0.25, -0.2) is 0 Å². The topological polar surface area (TPSA) is 40.3 Å². The highest BCUT2D eigenvalue weighted by molar-refractivity contribution is 6.65. The minimum atomic E-state index is 0.123. The highest BCUT2D eigenvalue weighted by Crippen LogP contribution is 2.73. The molecule has 7 saturated carbocycles. The van der Waals surface area contributed by atoms with Gasteiger partial charge < -0.3 is 0 Å². The molecule has 22 atom stereocenters. The van der Waals surface area contributed by atoms with Crippen LogP contribution in [0.5, 0.6) is 0 Å². The van der Waals surface area contributed by atoms with Crippen LogP contribution in [0.4, 0.5) is 0 Å². The molecule has 8 heteroatoms. The molecule has 0 amide bonds. The summed E-state index contributed by atoms with van der Waals surface area (Å²) < 4.78 is 0. The smallest absolute Gasteiger partial charge is 0.157 e. The predicted octanol–water partition coefficient (Wildman–Crippen LogP) is 7.91. The van der Waals surface area contributed by atoms with E-state index in [1.54, 1.807) is 22.3 Å². The first kappa shape index (κ1) is 37.1. The van der Waals surface area contributed by atoms with Gasteiger partial charge in [0.25, 0.3) is 0 Å². The minimum absolute atomic E-state index is 0.123. The molecule has 8 aliphatic carbocycles. The van der Waals surface area contributed by atoms with Crippen LogP contribution in [-0.2, 0) is 5.41 Å². The lowest BCUT2D eigenvalue weighted by Crippen LogP contribution is -2.93. The number of hydrogen-bond acceptors (Lipinski definition) is 7. The maximum absolute atomic E-state index is 4.76. The van der Waals surface area contributed by atoms with Gasteiger partial charge in [-0.3, -0.25) is 35.1 Å². The Balaban J connectivity index is 0.920. The molecule has 2 aromatic rings. The summed E-state index contributed by atoms with van der Waals surface area (Å²) >= 11 is 0. The van der Waals surface area contributed by atoms with Crippen molar-refractivity contribution in [1.82, 2.24) is 35.1 Å². The lowest BCUT2D eigenvalue weighted by atomic mass is 9.18. The largest absolute Gasteiger partial charge is 0.297 e. The molecule has 16 fully saturated rings. The number of piperazine rings is 2. The molecular formula is C57H74BN7. The Morgan fingerprint density at radius 2 is 0.862 bits per heavy atom. The minimum Gasteiger partial charge on any atom is -0.297 e. The number of nitrogens with one attached hydrogen (secondary N) is 2. The molecule has 9 heterocycles. The van der Waals surface area contributed by atoms with Crippen LogP contribution in [0, 0.1) is 23.7 Å². The van der Waals surface area contributed by atoms with E-state index in [1.165, 1.54) is 128 Å². The quantitative estimate of drug-likeness (QED) is 0.261. The highest BCUT2D eigenvalue weighted by Gasteiger charge is 2.82. The van der Waals surface area contributed by atoms with Gasteiger partial charge in [0.05, 0.1) is 12.3 Å². The fourth-order valence-corrected chi connectivity index (χ4v) is 25.2. The first-order valence-corrected chi connectivity index (χ1v) is 28.9. The molecule has 0 radical (unpaired) electrons. The van der Waals surface area contributed by atoms with Crippen LogP contribution in [-0.4, -0.2) is 134 Å². The van der Waals surface area contributed by atoms with Crippen molar-refractivity contribution in [3.8, 4) is 11.1 Å². The number of rotatable bonds is 0. The van der Waals surface area contributed by atoms with Crippen molar-refractivity contribution in [2.45, 2.75) is 254 Å². The van der Waals surface area contributed by atoms with Gasteiger partial charge in [-0.15, -0.1) is 0 Å². The van der Waals surface area contributed by atoms with E-state index in [9.17, 15) is 0 Å². The molecule has 7 nitrogen and oxygen atoms in total. The van der Waals surface area contributed by atoms with E-state index in [4.69, 9.17) is 10.6 Å². The van der Waals surface area contributed by atoms with Crippen LogP contribution in [0.25, 0.3) is 11.1 Å². The van der Waals surface area contributed by atoms with Gasteiger partial charge in [-0.1, -0.05) is 113 Å². The van der Waals surface area contributed by atoms with E-state index >= 15 is 0 Å². The predicted molar refractivity (Wildman–Crippen MR) is 256 cm³/mol. The first-order chi connectivity index (χ1) is 32.3. The number of nitrogens with zero attached hydrogens (tertiary/aromatic N) is 5. The third-order valence-electron chi connectivity index (χ3n) is 25.7. The van der Waals surface area contributed by atoms with E-state index in [0.717, 1.165) is 72.3 Å². The van der Waals surface area contributed by atoms with Crippen molar-refractivity contribution in [2.75, 3.05) is 0 Å². The lowest BCUT2D eigenvalue weighted by Gasteiger charge is -2.80. The van der Waals surface area contributed by atoms with Crippen LogP contribution in [0.3, 0.4) is 0 Å². The SMILES string of the molecule is c1ccc2c(c1)-c1ccccc1C21C2CCCC3C2N2C4C5C6C7B(C8CCCC9NC(C%10CCCCC%10N35)N6C98)C3CCCC5NC6C8CCCCC8N(C8CCCC1C82)C4C7N6C53. The molecule has 65 heavy (non-hydrogen) atoms. The van der Waals surface area contributed by atoms with Crippen molar-refractivity contribution >= 4 is 6.71 Å². The third-order valence-corrected chi connectivity index (χ3v) is 25.7. The van der Waals surface area contributed by atoms with Gasteiger partial charge >= 0.3 is 0 Å². The Labute approximate surface area is 389 Å². The Bertz CT molecular complexity index is 2220. The second-order valence-electron chi connectivity index (χ2n) is 26.6. The number of fused-ring (bicyclic) bond motifs is 17. The average molecular weight is 868 g/mol. The molecule has 19 rings (SSSR count). The molecule has 2 N–H and O–H groups in total. The summed E-state index contributed by atoms with van der Waals surface area (Å²) in [4.78, 5) is 17.9.